The number of hydrogen-bond acceptors (Lipinski definition) is 2. The third-order valence-corrected chi connectivity index (χ3v) is 4.39. The molecule has 1 aromatic heterocycles. The average molecular weight is 285 g/mol. The number of amides is 1. The number of hydrogen-bond donors (Lipinski definition) is 3. The van der Waals surface area contributed by atoms with E-state index in [4.69, 9.17) is 5.73 Å². The van der Waals surface area contributed by atoms with Crippen LogP contribution >= 0.6 is 0 Å². The van der Waals surface area contributed by atoms with Crippen molar-refractivity contribution in [2.45, 2.75) is 51.0 Å². The molecule has 1 heterocycles. The number of anilines is 1. The Balaban J connectivity index is 1.75. The fourth-order valence-electron chi connectivity index (χ4n) is 3.19. The third kappa shape index (κ3) is 3.20. The first-order valence-electron chi connectivity index (χ1n) is 7.91. The normalized spacial score (nSPS) is 17.3. The summed E-state index contributed by atoms with van der Waals surface area (Å²) in [6.45, 7) is 0. The van der Waals surface area contributed by atoms with Gasteiger partial charge in [0.05, 0.1) is 5.56 Å². The molecule has 0 radical (unpaired) electrons. The number of aromatic amines is 1. The number of fused-ring (bicyclic) bond motifs is 1. The van der Waals surface area contributed by atoms with Crippen LogP contribution in [0.25, 0.3) is 10.9 Å². The third-order valence-electron chi connectivity index (χ3n) is 4.39. The minimum atomic E-state index is 0.0115. The second-order valence-corrected chi connectivity index (χ2v) is 6.02. The molecule has 4 nitrogen and oxygen atoms in total. The molecule has 1 saturated carbocycles. The van der Waals surface area contributed by atoms with Crippen molar-refractivity contribution >= 4 is 22.5 Å². The predicted molar refractivity (Wildman–Crippen MR) is 86.3 cm³/mol. The van der Waals surface area contributed by atoms with E-state index in [9.17, 15) is 4.79 Å². The number of aromatic nitrogens is 1. The van der Waals surface area contributed by atoms with Gasteiger partial charge in [0.2, 0.25) is 0 Å². The van der Waals surface area contributed by atoms with Crippen LogP contribution in [0, 0.1) is 0 Å². The van der Waals surface area contributed by atoms with Gasteiger partial charge < -0.3 is 16.0 Å². The van der Waals surface area contributed by atoms with Crippen LogP contribution in [0.2, 0.25) is 0 Å². The zero-order chi connectivity index (χ0) is 14.7. The maximum absolute atomic E-state index is 12.5. The quantitative estimate of drug-likeness (QED) is 0.738. The van der Waals surface area contributed by atoms with Gasteiger partial charge >= 0.3 is 0 Å². The predicted octanol–water partition coefficient (Wildman–Crippen LogP) is 3.59. The van der Waals surface area contributed by atoms with Gasteiger partial charge in [0.15, 0.2) is 0 Å². The van der Waals surface area contributed by atoms with Gasteiger partial charge in [-0.3, -0.25) is 4.79 Å². The Labute approximate surface area is 125 Å². The summed E-state index contributed by atoms with van der Waals surface area (Å²) in [5.41, 5.74) is 8.16. The summed E-state index contributed by atoms with van der Waals surface area (Å²) in [5.74, 6) is 0.0115. The Morgan fingerprint density at radius 2 is 1.86 bits per heavy atom. The van der Waals surface area contributed by atoms with E-state index in [-0.39, 0.29) is 5.91 Å². The van der Waals surface area contributed by atoms with Crippen molar-refractivity contribution in [1.82, 2.24) is 10.3 Å². The molecule has 21 heavy (non-hydrogen) atoms. The molecule has 0 spiro atoms. The summed E-state index contributed by atoms with van der Waals surface area (Å²) < 4.78 is 0. The Morgan fingerprint density at radius 1 is 1.14 bits per heavy atom. The van der Waals surface area contributed by atoms with Gasteiger partial charge in [-0.1, -0.05) is 32.1 Å². The standard InChI is InChI=1S/C17H23N3O/c18-12-8-9-16-14(10-12)15(11-19-16)17(21)20-13-6-4-2-1-3-5-7-13/h8-11,13,19H,1-7,18H2,(H,20,21). The van der Waals surface area contributed by atoms with Crippen LogP contribution in [0.3, 0.4) is 0 Å². The molecular formula is C17H23N3O. The van der Waals surface area contributed by atoms with E-state index in [0.29, 0.717) is 17.3 Å². The molecule has 1 aliphatic carbocycles. The van der Waals surface area contributed by atoms with Gasteiger partial charge in [-0.25, -0.2) is 0 Å². The van der Waals surface area contributed by atoms with Crippen LogP contribution in [0.1, 0.15) is 55.3 Å². The highest BCUT2D eigenvalue weighted by atomic mass is 16.1. The van der Waals surface area contributed by atoms with Crippen molar-refractivity contribution in [1.29, 1.82) is 0 Å². The first-order chi connectivity index (χ1) is 10.2. The maximum atomic E-state index is 12.5. The summed E-state index contributed by atoms with van der Waals surface area (Å²) in [4.78, 5) is 15.7. The molecule has 3 rings (SSSR count). The van der Waals surface area contributed by atoms with Crippen LogP contribution < -0.4 is 11.1 Å². The van der Waals surface area contributed by atoms with E-state index >= 15 is 0 Å². The topological polar surface area (TPSA) is 70.9 Å². The Morgan fingerprint density at radius 3 is 2.62 bits per heavy atom. The molecule has 0 saturated heterocycles. The Kier molecular flexibility index (Phi) is 4.13. The summed E-state index contributed by atoms with van der Waals surface area (Å²) in [5, 5.41) is 4.10. The number of H-pyrrole nitrogens is 1. The monoisotopic (exact) mass is 285 g/mol. The number of carbonyl (C=O) groups excluding carboxylic acids is 1. The molecule has 112 valence electrons. The van der Waals surface area contributed by atoms with Gasteiger partial charge in [0.1, 0.15) is 0 Å². The second-order valence-electron chi connectivity index (χ2n) is 6.02. The van der Waals surface area contributed by atoms with Crippen LogP contribution in [0.4, 0.5) is 5.69 Å². The molecule has 4 heteroatoms. The number of benzene rings is 1. The first kappa shape index (κ1) is 14.0. The lowest BCUT2D eigenvalue weighted by molar-refractivity contribution is 0.0932. The van der Waals surface area contributed by atoms with Crippen molar-refractivity contribution in [2.75, 3.05) is 5.73 Å². The Hall–Kier alpha value is -1.97. The van der Waals surface area contributed by atoms with Crippen molar-refractivity contribution in [3.05, 3.63) is 30.0 Å². The average Bonchev–Trinajstić information content (AvgIpc) is 2.84. The molecule has 4 N–H and O–H groups in total. The van der Waals surface area contributed by atoms with Gasteiger partial charge in [0.25, 0.3) is 5.91 Å². The van der Waals surface area contributed by atoms with Gasteiger partial charge in [-0.2, -0.15) is 0 Å². The molecule has 0 atom stereocenters. The lowest BCUT2D eigenvalue weighted by atomic mass is 9.96. The molecule has 0 unspecified atom stereocenters. The molecule has 1 aromatic carbocycles. The number of carbonyl (C=O) groups is 1. The smallest absolute Gasteiger partial charge is 0.253 e. The van der Waals surface area contributed by atoms with E-state index in [1.165, 1.54) is 32.1 Å². The van der Waals surface area contributed by atoms with Crippen molar-refractivity contribution in [3.8, 4) is 0 Å². The van der Waals surface area contributed by atoms with Crippen LogP contribution in [-0.2, 0) is 0 Å². The lowest BCUT2D eigenvalue weighted by Gasteiger charge is -2.20. The van der Waals surface area contributed by atoms with Gasteiger partial charge in [-0.15, -0.1) is 0 Å². The van der Waals surface area contributed by atoms with Crippen LogP contribution in [0.5, 0.6) is 0 Å². The molecule has 0 aliphatic heterocycles. The minimum Gasteiger partial charge on any atom is -0.399 e. The van der Waals surface area contributed by atoms with Crippen molar-refractivity contribution in [3.63, 3.8) is 0 Å². The molecule has 1 fully saturated rings. The highest BCUT2D eigenvalue weighted by Crippen LogP contribution is 2.22. The van der Waals surface area contributed by atoms with Crippen molar-refractivity contribution in [2.24, 2.45) is 0 Å². The largest absolute Gasteiger partial charge is 0.399 e. The summed E-state index contributed by atoms with van der Waals surface area (Å²) in [6, 6.07) is 5.93. The zero-order valence-electron chi connectivity index (χ0n) is 12.3. The zero-order valence-corrected chi connectivity index (χ0v) is 12.3. The Bertz CT molecular complexity index is 624. The van der Waals surface area contributed by atoms with Crippen LogP contribution in [0.15, 0.2) is 24.4 Å². The minimum absolute atomic E-state index is 0.0115. The fourth-order valence-corrected chi connectivity index (χ4v) is 3.19. The van der Waals surface area contributed by atoms with Gasteiger partial charge in [-0.05, 0) is 31.0 Å². The fraction of sp³-hybridized carbons (Fsp3) is 0.471. The summed E-state index contributed by atoms with van der Waals surface area (Å²) in [6.07, 6.45) is 10.3. The van der Waals surface area contributed by atoms with Crippen LogP contribution in [-0.4, -0.2) is 16.9 Å². The van der Waals surface area contributed by atoms with Crippen molar-refractivity contribution < 1.29 is 4.79 Å². The van der Waals surface area contributed by atoms with Gasteiger partial charge in [0, 0.05) is 28.8 Å². The first-order valence-corrected chi connectivity index (χ1v) is 7.91. The number of nitrogens with two attached hydrogens (primary N) is 1. The maximum Gasteiger partial charge on any atom is 0.253 e. The van der Waals surface area contributed by atoms with E-state index in [1.807, 2.05) is 18.2 Å². The number of rotatable bonds is 2. The highest BCUT2D eigenvalue weighted by molar-refractivity contribution is 6.07. The van der Waals surface area contributed by atoms with E-state index in [2.05, 4.69) is 10.3 Å². The molecular weight excluding hydrogens is 262 g/mol. The summed E-state index contributed by atoms with van der Waals surface area (Å²) in [7, 11) is 0. The molecule has 1 amide bonds. The second kappa shape index (κ2) is 6.20. The highest BCUT2D eigenvalue weighted by Gasteiger charge is 2.17. The SMILES string of the molecule is Nc1ccc2[nH]cc(C(=O)NC3CCCCCCC3)c2c1. The van der Waals surface area contributed by atoms with E-state index < -0.39 is 0 Å². The number of nitrogen functional groups attached to an aromatic ring is 1. The molecule has 0 bridgehead atoms. The molecule has 1 aliphatic rings. The van der Waals surface area contributed by atoms with E-state index in [1.54, 1.807) is 6.20 Å². The summed E-state index contributed by atoms with van der Waals surface area (Å²) >= 11 is 0. The lowest BCUT2D eigenvalue weighted by Crippen LogP contribution is -2.35. The number of nitrogens with one attached hydrogen (secondary N) is 2. The van der Waals surface area contributed by atoms with E-state index in [0.717, 1.165) is 23.7 Å². The molecule has 2 aromatic rings.